The molecule has 1 aliphatic heterocycles. The van der Waals surface area contributed by atoms with E-state index < -0.39 is 0 Å². The summed E-state index contributed by atoms with van der Waals surface area (Å²) >= 11 is 6.09. The number of hydrogen-bond donors (Lipinski definition) is 0. The second-order valence-corrected chi connectivity index (χ2v) is 6.66. The summed E-state index contributed by atoms with van der Waals surface area (Å²) in [6, 6.07) is 13.0. The van der Waals surface area contributed by atoms with Crippen LogP contribution in [0.15, 0.2) is 57.5 Å². The summed E-state index contributed by atoms with van der Waals surface area (Å²) in [5.41, 5.74) is 2.43. The number of nitrogens with zero attached hydrogens (tertiary/aromatic N) is 3. The molecular formula is C18H15N3O3S2. The van der Waals surface area contributed by atoms with Gasteiger partial charge in [0.25, 0.3) is 5.69 Å². The zero-order valence-corrected chi connectivity index (χ0v) is 15.5. The molecule has 1 aliphatic rings. The highest BCUT2D eigenvalue weighted by Crippen LogP contribution is 2.38. The van der Waals surface area contributed by atoms with E-state index in [0.717, 1.165) is 10.5 Å². The molecule has 1 heterocycles. The predicted molar refractivity (Wildman–Crippen MR) is 106 cm³/mol. The fourth-order valence-electron chi connectivity index (χ4n) is 2.80. The van der Waals surface area contributed by atoms with Crippen molar-refractivity contribution in [3.05, 3.63) is 58.1 Å². The van der Waals surface area contributed by atoms with Crippen LogP contribution < -0.4 is 0 Å². The molecule has 0 radical (unpaired) electrons. The lowest BCUT2D eigenvalue weighted by Crippen LogP contribution is -2.13. The van der Waals surface area contributed by atoms with Crippen LogP contribution >= 0.6 is 24.0 Å². The van der Waals surface area contributed by atoms with Crippen molar-refractivity contribution in [3.8, 4) is 11.1 Å². The average molecular weight is 385 g/mol. The minimum atomic E-state index is -0.354. The molecule has 3 rings (SSSR count). The molecule has 0 bridgehead atoms. The summed E-state index contributed by atoms with van der Waals surface area (Å²) in [5, 5.41) is 18.3. The molecule has 6 nitrogen and oxygen atoms in total. The third kappa shape index (κ3) is 3.83. The first-order valence-electron chi connectivity index (χ1n) is 7.82. The summed E-state index contributed by atoms with van der Waals surface area (Å²) in [5.74, 6) is 0. The number of aliphatic imine (C=N–C) groups is 1. The normalized spacial score (nSPS) is 15.7. The van der Waals surface area contributed by atoms with E-state index in [1.807, 2.05) is 42.7 Å². The van der Waals surface area contributed by atoms with Crippen molar-refractivity contribution in [2.75, 3.05) is 12.8 Å². The van der Waals surface area contributed by atoms with Crippen molar-refractivity contribution in [2.45, 2.75) is 17.4 Å². The van der Waals surface area contributed by atoms with Crippen molar-refractivity contribution in [2.24, 2.45) is 10.1 Å². The maximum absolute atomic E-state index is 11.9. The number of nitro groups is 1. The van der Waals surface area contributed by atoms with Crippen molar-refractivity contribution in [1.82, 2.24) is 0 Å². The smallest absolute Gasteiger partial charge is 0.286 e. The SMILES string of the molecule is CSc1cc(C2=NOC(CN=C=S)C2)c([N+](=O)[O-])c(-c2ccccc2)c1. The molecule has 132 valence electrons. The van der Waals surface area contributed by atoms with Crippen LogP contribution in [0.2, 0.25) is 0 Å². The predicted octanol–water partition coefficient (Wildman–Crippen LogP) is 4.58. The molecule has 0 aromatic heterocycles. The van der Waals surface area contributed by atoms with E-state index in [0.29, 0.717) is 29.8 Å². The average Bonchev–Trinajstić information content (AvgIpc) is 3.14. The largest absolute Gasteiger partial charge is 0.390 e. The van der Waals surface area contributed by atoms with Gasteiger partial charge in [0.2, 0.25) is 0 Å². The van der Waals surface area contributed by atoms with Crippen LogP contribution in [0.5, 0.6) is 0 Å². The van der Waals surface area contributed by atoms with Crippen LogP contribution in [-0.2, 0) is 4.84 Å². The first-order chi connectivity index (χ1) is 12.6. The van der Waals surface area contributed by atoms with Crippen molar-refractivity contribution < 1.29 is 9.76 Å². The maximum atomic E-state index is 11.9. The van der Waals surface area contributed by atoms with E-state index in [9.17, 15) is 10.1 Å². The number of thiocarbonyl (C=S) groups is 1. The van der Waals surface area contributed by atoms with E-state index in [2.05, 4.69) is 27.5 Å². The number of hydrogen-bond acceptors (Lipinski definition) is 7. The second kappa shape index (κ2) is 8.23. The zero-order valence-electron chi connectivity index (χ0n) is 13.9. The van der Waals surface area contributed by atoms with E-state index in [-0.39, 0.29) is 16.7 Å². The number of benzene rings is 2. The molecule has 0 aliphatic carbocycles. The van der Waals surface area contributed by atoms with Gasteiger partial charge in [0.05, 0.1) is 33.5 Å². The fourth-order valence-corrected chi connectivity index (χ4v) is 3.35. The molecular weight excluding hydrogens is 370 g/mol. The molecule has 0 spiro atoms. The van der Waals surface area contributed by atoms with E-state index in [1.165, 1.54) is 11.8 Å². The number of oxime groups is 1. The quantitative estimate of drug-likeness (QED) is 0.239. The molecule has 1 atom stereocenters. The van der Waals surface area contributed by atoms with Gasteiger partial charge >= 0.3 is 0 Å². The van der Waals surface area contributed by atoms with Gasteiger partial charge in [-0.1, -0.05) is 35.5 Å². The van der Waals surface area contributed by atoms with Crippen molar-refractivity contribution in [3.63, 3.8) is 0 Å². The highest BCUT2D eigenvalue weighted by atomic mass is 32.2. The van der Waals surface area contributed by atoms with Crippen LogP contribution in [0.3, 0.4) is 0 Å². The van der Waals surface area contributed by atoms with Gasteiger partial charge < -0.3 is 4.84 Å². The Morgan fingerprint density at radius 2 is 2.12 bits per heavy atom. The summed E-state index contributed by atoms with van der Waals surface area (Å²) in [6.07, 6.45) is 2.09. The van der Waals surface area contributed by atoms with Crippen molar-refractivity contribution in [1.29, 1.82) is 0 Å². The molecule has 0 fully saturated rings. The van der Waals surface area contributed by atoms with Gasteiger partial charge in [-0.05, 0) is 36.2 Å². The number of thioether (sulfide) groups is 1. The van der Waals surface area contributed by atoms with Crippen LogP contribution in [0, 0.1) is 10.1 Å². The Balaban J connectivity index is 2.10. The van der Waals surface area contributed by atoms with Gasteiger partial charge in [-0.2, -0.15) is 0 Å². The third-order valence-corrected chi connectivity index (χ3v) is 4.83. The van der Waals surface area contributed by atoms with Gasteiger partial charge in [0.15, 0.2) is 6.10 Å². The molecule has 0 saturated heterocycles. The molecule has 0 amide bonds. The minimum Gasteiger partial charge on any atom is -0.390 e. The zero-order chi connectivity index (χ0) is 18.5. The van der Waals surface area contributed by atoms with Crippen LogP contribution in [-0.4, -0.2) is 34.7 Å². The van der Waals surface area contributed by atoms with E-state index >= 15 is 0 Å². The molecule has 1 unspecified atom stereocenters. The van der Waals surface area contributed by atoms with Gasteiger partial charge in [0.1, 0.15) is 0 Å². The van der Waals surface area contributed by atoms with Gasteiger partial charge in [-0.15, -0.1) is 11.8 Å². The lowest BCUT2D eigenvalue weighted by atomic mass is 9.96. The monoisotopic (exact) mass is 385 g/mol. The summed E-state index contributed by atoms with van der Waals surface area (Å²) in [7, 11) is 0. The molecule has 2 aromatic rings. The van der Waals surface area contributed by atoms with Gasteiger partial charge in [-0.25, -0.2) is 4.99 Å². The second-order valence-electron chi connectivity index (χ2n) is 5.60. The van der Waals surface area contributed by atoms with E-state index in [1.54, 1.807) is 6.07 Å². The first-order valence-corrected chi connectivity index (χ1v) is 9.46. The number of isothiocyanates is 1. The standard InChI is InChI=1S/C18H15N3O3S2/c1-26-14-8-15(12-5-3-2-4-6-12)18(21(22)23)16(9-14)17-7-13(24-20-17)10-19-11-25/h2-6,8-9,13H,7,10H2,1H3. The lowest BCUT2D eigenvalue weighted by Gasteiger charge is -2.10. The topological polar surface area (TPSA) is 77.1 Å². The minimum absolute atomic E-state index is 0.0373. The van der Waals surface area contributed by atoms with Gasteiger partial charge in [0, 0.05) is 11.3 Å². The van der Waals surface area contributed by atoms with Crippen molar-refractivity contribution >= 4 is 40.5 Å². The highest BCUT2D eigenvalue weighted by molar-refractivity contribution is 7.98. The number of nitro benzene ring substituents is 1. The van der Waals surface area contributed by atoms with E-state index in [4.69, 9.17) is 4.84 Å². The van der Waals surface area contributed by atoms with Gasteiger partial charge in [-0.3, -0.25) is 10.1 Å². The molecule has 26 heavy (non-hydrogen) atoms. The van der Waals surface area contributed by atoms with Crippen LogP contribution in [0.4, 0.5) is 5.69 Å². The Morgan fingerprint density at radius 1 is 1.38 bits per heavy atom. The summed E-state index contributed by atoms with van der Waals surface area (Å²) in [4.78, 5) is 21.7. The third-order valence-electron chi connectivity index (χ3n) is 3.99. The molecule has 0 saturated carbocycles. The Morgan fingerprint density at radius 3 is 2.77 bits per heavy atom. The lowest BCUT2D eigenvalue weighted by molar-refractivity contribution is -0.384. The fraction of sp³-hybridized carbons (Fsp3) is 0.222. The van der Waals surface area contributed by atoms with Crippen LogP contribution in [0.25, 0.3) is 11.1 Å². The Labute approximate surface area is 160 Å². The highest BCUT2D eigenvalue weighted by Gasteiger charge is 2.30. The molecule has 2 aromatic carbocycles. The molecule has 8 heteroatoms. The Bertz CT molecular complexity index is 909. The van der Waals surface area contributed by atoms with Crippen LogP contribution in [0.1, 0.15) is 12.0 Å². The Kier molecular flexibility index (Phi) is 5.78. The summed E-state index contributed by atoms with van der Waals surface area (Å²) in [6.45, 7) is 0.331. The maximum Gasteiger partial charge on any atom is 0.286 e. The number of rotatable bonds is 6. The molecule has 0 N–H and O–H groups in total. The summed E-state index contributed by atoms with van der Waals surface area (Å²) < 4.78 is 0. The Hall–Kier alpha value is -2.54. The first kappa shape index (κ1) is 18.3.